The third-order valence-electron chi connectivity index (χ3n) is 6.97. The summed E-state index contributed by atoms with van der Waals surface area (Å²) in [6.45, 7) is 8.86. The molecule has 2 N–H and O–H groups in total. The number of para-hydroxylation sites is 1. The zero-order chi connectivity index (χ0) is 24.3. The summed E-state index contributed by atoms with van der Waals surface area (Å²) < 4.78 is 16.7. The summed E-state index contributed by atoms with van der Waals surface area (Å²) in [7, 11) is 3.29. The summed E-state index contributed by atoms with van der Waals surface area (Å²) in [4.78, 5) is 7.80. The van der Waals surface area contributed by atoms with Gasteiger partial charge in [-0.15, -0.1) is 0 Å². The second kappa shape index (κ2) is 10.2. The van der Waals surface area contributed by atoms with Crippen LogP contribution >= 0.6 is 0 Å². The topological polar surface area (TPSA) is 75.5 Å². The van der Waals surface area contributed by atoms with E-state index in [4.69, 9.17) is 19.2 Å². The van der Waals surface area contributed by atoms with Crippen LogP contribution in [0.3, 0.4) is 0 Å². The van der Waals surface area contributed by atoms with E-state index in [0.29, 0.717) is 36.3 Å². The maximum atomic E-state index is 11.0. The Bertz CT molecular complexity index is 1030. The van der Waals surface area contributed by atoms with Gasteiger partial charge in [0.25, 0.3) is 0 Å². The summed E-state index contributed by atoms with van der Waals surface area (Å²) in [6, 6.07) is 12.1. The smallest absolute Gasteiger partial charge is 0.162 e. The van der Waals surface area contributed by atoms with Gasteiger partial charge in [-0.2, -0.15) is 0 Å². The Morgan fingerprint density at radius 1 is 1.09 bits per heavy atom. The van der Waals surface area contributed by atoms with Crippen molar-refractivity contribution in [2.45, 2.75) is 57.8 Å². The number of piperidine rings is 1. The summed E-state index contributed by atoms with van der Waals surface area (Å²) in [5.41, 5.74) is 2.47. The molecular weight excluding hydrogens is 430 g/mol. The van der Waals surface area contributed by atoms with E-state index in [1.54, 1.807) is 14.2 Å². The van der Waals surface area contributed by atoms with Gasteiger partial charge in [0.15, 0.2) is 23.0 Å². The Labute approximate surface area is 202 Å². The quantitative estimate of drug-likeness (QED) is 0.623. The van der Waals surface area contributed by atoms with Gasteiger partial charge in [0.2, 0.25) is 0 Å². The first-order valence-corrected chi connectivity index (χ1v) is 12.2. The number of phenolic OH excluding ortho intramolecular Hbond substituents is 1. The van der Waals surface area contributed by atoms with Crippen molar-refractivity contribution in [2.24, 2.45) is 4.99 Å². The third kappa shape index (κ3) is 4.86. The van der Waals surface area contributed by atoms with Crippen molar-refractivity contribution >= 4 is 5.71 Å². The molecule has 2 aliphatic rings. The SMILES string of the molecule is CCOc1cccc([C@@H]2CC(c3ccc(OC)c(OC)c3)=NC3(CCN(C(C)C)CC3)N2)c1O. The van der Waals surface area contributed by atoms with Gasteiger partial charge < -0.3 is 24.2 Å². The Morgan fingerprint density at radius 2 is 1.82 bits per heavy atom. The van der Waals surface area contributed by atoms with Crippen LogP contribution in [0.25, 0.3) is 0 Å². The van der Waals surface area contributed by atoms with Crippen molar-refractivity contribution in [2.75, 3.05) is 33.9 Å². The number of aliphatic imine (C=N–C) groups is 1. The van der Waals surface area contributed by atoms with Crippen LogP contribution in [-0.2, 0) is 0 Å². The summed E-state index contributed by atoms with van der Waals surface area (Å²) in [5, 5.41) is 14.9. The minimum atomic E-state index is -0.384. The number of likely N-dealkylation sites (tertiary alicyclic amines) is 1. The van der Waals surface area contributed by atoms with Crippen molar-refractivity contribution < 1.29 is 19.3 Å². The van der Waals surface area contributed by atoms with Crippen LogP contribution in [0.5, 0.6) is 23.0 Å². The Morgan fingerprint density at radius 3 is 2.47 bits per heavy atom. The third-order valence-corrected chi connectivity index (χ3v) is 6.97. The number of benzene rings is 2. The Kier molecular flexibility index (Phi) is 7.33. The molecule has 0 radical (unpaired) electrons. The van der Waals surface area contributed by atoms with Crippen molar-refractivity contribution in [3.8, 4) is 23.0 Å². The monoisotopic (exact) mass is 467 g/mol. The van der Waals surface area contributed by atoms with Crippen LogP contribution in [0.1, 0.15) is 57.2 Å². The number of aromatic hydroxyl groups is 1. The lowest BCUT2D eigenvalue weighted by molar-refractivity contribution is 0.103. The first-order valence-electron chi connectivity index (χ1n) is 12.2. The zero-order valence-corrected chi connectivity index (χ0v) is 20.9. The summed E-state index contributed by atoms with van der Waals surface area (Å²) in [5.74, 6) is 2.09. The molecule has 34 heavy (non-hydrogen) atoms. The lowest BCUT2D eigenvalue weighted by atomic mass is 9.87. The predicted molar refractivity (Wildman–Crippen MR) is 135 cm³/mol. The van der Waals surface area contributed by atoms with Crippen LogP contribution in [0.2, 0.25) is 0 Å². The average molecular weight is 468 g/mol. The molecule has 0 unspecified atom stereocenters. The second-order valence-electron chi connectivity index (χ2n) is 9.32. The Balaban J connectivity index is 1.73. The molecule has 1 fully saturated rings. The van der Waals surface area contributed by atoms with Crippen LogP contribution in [0.4, 0.5) is 0 Å². The van der Waals surface area contributed by atoms with Crippen molar-refractivity contribution in [1.29, 1.82) is 0 Å². The minimum Gasteiger partial charge on any atom is -0.504 e. The zero-order valence-electron chi connectivity index (χ0n) is 20.9. The number of hydrogen-bond donors (Lipinski definition) is 2. The minimum absolute atomic E-state index is 0.0911. The highest BCUT2D eigenvalue weighted by atomic mass is 16.5. The molecule has 0 aliphatic carbocycles. The average Bonchev–Trinajstić information content (AvgIpc) is 2.85. The molecule has 184 valence electrons. The van der Waals surface area contributed by atoms with Gasteiger partial charge in [0.1, 0.15) is 5.66 Å². The molecular formula is C27H37N3O4. The van der Waals surface area contributed by atoms with Crippen LogP contribution < -0.4 is 19.5 Å². The standard InChI is InChI=1S/C27H37N3O4/c1-6-34-24-9-7-8-20(26(24)31)22-17-21(19-10-11-23(32-4)25(16-19)33-5)28-27(29-22)12-14-30(15-13-27)18(2)3/h7-11,16,18,22,29,31H,6,12-15,17H2,1-5H3/t22-/m0/s1. The van der Waals surface area contributed by atoms with Crippen LogP contribution in [0.15, 0.2) is 41.4 Å². The molecule has 7 nitrogen and oxygen atoms in total. The van der Waals surface area contributed by atoms with E-state index in [9.17, 15) is 5.11 Å². The largest absolute Gasteiger partial charge is 0.504 e. The number of phenols is 1. The summed E-state index contributed by atoms with van der Waals surface area (Å²) in [6.07, 6.45) is 2.46. The first-order chi connectivity index (χ1) is 16.4. The van der Waals surface area contributed by atoms with E-state index in [1.807, 2.05) is 43.3 Å². The molecule has 1 atom stereocenters. The van der Waals surface area contributed by atoms with Gasteiger partial charge in [-0.3, -0.25) is 10.3 Å². The maximum Gasteiger partial charge on any atom is 0.162 e. The number of ether oxygens (including phenoxy) is 3. The van der Waals surface area contributed by atoms with Crippen LogP contribution in [-0.4, -0.2) is 61.3 Å². The summed E-state index contributed by atoms with van der Waals surface area (Å²) >= 11 is 0. The van der Waals surface area contributed by atoms with Gasteiger partial charge in [0, 0.05) is 42.9 Å². The molecule has 0 aromatic heterocycles. The lowest BCUT2D eigenvalue weighted by Crippen LogP contribution is -2.56. The number of nitrogens with one attached hydrogen (secondary N) is 1. The molecule has 2 aromatic rings. The molecule has 2 heterocycles. The molecule has 2 aromatic carbocycles. The lowest BCUT2D eigenvalue weighted by Gasteiger charge is -2.46. The molecule has 1 spiro atoms. The van der Waals surface area contributed by atoms with E-state index < -0.39 is 0 Å². The Hall–Kier alpha value is -2.77. The first kappa shape index (κ1) is 24.4. The molecule has 1 saturated heterocycles. The fourth-order valence-corrected chi connectivity index (χ4v) is 5.05. The highest BCUT2D eigenvalue weighted by molar-refractivity contribution is 6.02. The number of methoxy groups -OCH3 is 2. The number of rotatable bonds is 7. The molecule has 2 aliphatic heterocycles. The van der Waals surface area contributed by atoms with E-state index >= 15 is 0 Å². The van der Waals surface area contributed by atoms with Gasteiger partial charge in [-0.05, 0) is 63.4 Å². The van der Waals surface area contributed by atoms with E-state index in [-0.39, 0.29) is 17.5 Å². The predicted octanol–water partition coefficient (Wildman–Crippen LogP) is 4.53. The highest BCUT2D eigenvalue weighted by Crippen LogP contribution is 2.41. The highest BCUT2D eigenvalue weighted by Gasteiger charge is 2.41. The van der Waals surface area contributed by atoms with Crippen molar-refractivity contribution in [3.63, 3.8) is 0 Å². The number of nitrogens with zero attached hydrogens (tertiary/aromatic N) is 2. The molecule has 0 bridgehead atoms. The van der Waals surface area contributed by atoms with Crippen LogP contribution in [0, 0.1) is 0 Å². The number of hydrogen-bond acceptors (Lipinski definition) is 7. The molecule has 7 heteroatoms. The van der Waals surface area contributed by atoms with Gasteiger partial charge in [0.05, 0.1) is 20.8 Å². The van der Waals surface area contributed by atoms with Gasteiger partial charge in [-0.1, -0.05) is 12.1 Å². The van der Waals surface area contributed by atoms with Gasteiger partial charge >= 0.3 is 0 Å². The van der Waals surface area contributed by atoms with Gasteiger partial charge in [-0.25, -0.2) is 0 Å². The maximum absolute atomic E-state index is 11.0. The molecule has 0 saturated carbocycles. The van der Waals surface area contributed by atoms with E-state index in [0.717, 1.165) is 42.8 Å². The normalized spacial score (nSPS) is 20.3. The van der Waals surface area contributed by atoms with E-state index in [2.05, 4.69) is 24.1 Å². The van der Waals surface area contributed by atoms with Crippen molar-refractivity contribution in [3.05, 3.63) is 47.5 Å². The second-order valence-corrected chi connectivity index (χ2v) is 9.32. The molecule has 0 amide bonds. The van der Waals surface area contributed by atoms with Crippen molar-refractivity contribution in [1.82, 2.24) is 10.2 Å². The fourth-order valence-electron chi connectivity index (χ4n) is 5.05. The van der Waals surface area contributed by atoms with E-state index in [1.165, 1.54) is 0 Å². The fraction of sp³-hybridized carbons (Fsp3) is 0.519. The molecule has 4 rings (SSSR count).